The van der Waals surface area contributed by atoms with E-state index in [2.05, 4.69) is 9.72 Å². The monoisotopic (exact) mass is 205 g/mol. The van der Waals surface area contributed by atoms with E-state index in [0.29, 0.717) is 5.56 Å². The summed E-state index contributed by atoms with van der Waals surface area (Å²) in [7, 11) is 0. The number of rotatable bonds is 2. The Morgan fingerprint density at radius 1 is 1.36 bits per heavy atom. The van der Waals surface area contributed by atoms with Crippen LogP contribution in [0.25, 0.3) is 0 Å². The highest BCUT2D eigenvalue weighted by Crippen LogP contribution is 2.21. The lowest BCUT2D eigenvalue weighted by atomic mass is 10.2. The molecule has 1 heterocycles. The van der Waals surface area contributed by atoms with Crippen molar-refractivity contribution in [2.24, 2.45) is 0 Å². The zero-order chi connectivity index (χ0) is 10.8. The smallest absolute Gasteiger partial charge is 0.422 e. The largest absolute Gasteiger partial charge is 0.482 e. The van der Waals surface area contributed by atoms with Crippen molar-refractivity contribution >= 4 is 0 Å². The van der Waals surface area contributed by atoms with Crippen LogP contribution in [0.15, 0.2) is 12.3 Å². The Bertz CT molecular complexity index is 322. The molecule has 2 nitrogen and oxygen atoms in total. The van der Waals surface area contributed by atoms with Gasteiger partial charge >= 0.3 is 6.18 Å². The van der Waals surface area contributed by atoms with E-state index < -0.39 is 12.8 Å². The van der Waals surface area contributed by atoms with Crippen LogP contribution in [0, 0.1) is 13.8 Å². The van der Waals surface area contributed by atoms with Gasteiger partial charge in [-0.15, -0.1) is 0 Å². The van der Waals surface area contributed by atoms with Crippen LogP contribution in [-0.4, -0.2) is 17.8 Å². The van der Waals surface area contributed by atoms with E-state index in [4.69, 9.17) is 0 Å². The number of hydrogen-bond acceptors (Lipinski definition) is 2. The first-order valence-corrected chi connectivity index (χ1v) is 4.01. The highest BCUT2D eigenvalue weighted by atomic mass is 19.4. The van der Waals surface area contributed by atoms with E-state index >= 15 is 0 Å². The van der Waals surface area contributed by atoms with Gasteiger partial charge in [0, 0.05) is 5.69 Å². The van der Waals surface area contributed by atoms with E-state index in [1.54, 1.807) is 19.9 Å². The maximum atomic E-state index is 11.8. The van der Waals surface area contributed by atoms with Gasteiger partial charge in [0.05, 0.1) is 6.20 Å². The summed E-state index contributed by atoms with van der Waals surface area (Å²) in [6.45, 7) is 2.17. The molecule has 0 fully saturated rings. The van der Waals surface area contributed by atoms with Gasteiger partial charge in [-0.25, -0.2) is 0 Å². The molecule has 0 aliphatic rings. The first-order chi connectivity index (χ1) is 6.38. The summed E-state index contributed by atoms with van der Waals surface area (Å²) in [5.74, 6) is 0.174. The SMILES string of the molecule is Cc1cc(C)c(OCC(F)(F)F)cn1. The van der Waals surface area contributed by atoms with Crippen LogP contribution >= 0.6 is 0 Å². The molecule has 1 aromatic heterocycles. The number of pyridine rings is 1. The fraction of sp³-hybridized carbons (Fsp3) is 0.444. The van der Waals surface area contributed by atoms with Crippen LogP contribution in [0.3, 0.4) is 0 Å². The minimum atomic E-state index is -4.31. The Labute approximate surface area is 79.7 Å². The van der Waals surface area contributed by atoms with E-state index in [9.17, 15) is 13.2 Å². The van der Waals surface area contributed by atoms with Crippen LogP contribution in [0.2, 0.25) is 0 Å². The second kappa shape index (κ2) is 3.86. The lowest BCUT2D eigenvalue weighted by Crippen LogP contribution is -2.19. The second-order valence-corrected chi connectivity index (χ2v) is 3.00. The molecule has 78 valence electrons. The molecule has 0 N–H and O–H groups in total. The molecule has 0 spiro atoms. The molecule has 0 unspecified atom stereocenters. The molecule has 0 saturated heterocycles. The Balaban J connectivity index is 2.68. The fourth-order valence-electron chi connectivity index (χ4n) is 0.995. The standard InChI is InChI=1S/C9H10F3NO/c1-6-3-7(2)13-4-8(6)14-5-9(10,11)12/h3-4H,5H2,1-2H3. The number of halogens is 3. The van der Waals surface area contributed by atoms with Gasteiger partial charge in [-0.3, -0.25) is 4.98 Å². The third-order valence-corrected chi connectivity index (χ3v) is 1.59. The Morgan fingerprint density at radius 2 is 2.00 bits per heavy atom. The van der Waals surface area contributed by atoms with Crippen molar-refractivity contribution in [1.29, 1.82) is 0 Å². The van der Waals surface area contributed by atoms with E-state index in [-0.39, 0.29) is 5.75 Å². The summed E-state index contributed by atoms with van der Waals surface area (Å²) < 4.78 is 40.0. The van der Waals surface area contributed by atoms with Gasteiger partial charge in [0.15, 0.2) is 6.61 Å². The van der Waals surface area contributed by atoms with Crippen molar-refractivity contribution < 1.29 is 17.9 Å². The lowest BCUT2D eigenvalue weighted by Gasteiger charge is -2.10. The van der Waals surface area contributed by atoms with Crippen molar-refractivity contribution in [2.75, 3.05) is 6.61 Å². The molecular formula is C9H10F3NO. The maximum Gasteiger partial charge on any atom is 0.422 e. The van der Waals surface area contributed by atoms with Gasteiger partial charge in [-0.2, -0.15) is 13.2 Å². The zero-order valence-electron chi connectivity index (χ0n) is 7.85. The van der Waals surface area contributed by atoms with Crippen LogP contribution in [-0.2, 0) is 0 Å². The topological polar surface area (TPSA) is 22.1 Å². The predicted octanol–water partition coefficient (Wildman–Crippen LogP) is 2.64. The molecule has 0 aliphatic carbocycles. The Kier molecular flexibility index (Phi) is 2.98. The van der Waals surface area contributed by atoms with Crippen molar-refractivity contribution in [1.82, 2.24) is 4.98 Å². The van der Waals surface area contributed by atoms with Crippen LogP contribution in [0.5, 0.6) is 5.75 Å². The first-order valence-electron chi connectivity index (χ1n) is 4.01. The van der Waals surface area contributed by atoms with Crippen LogP contribution < -0.4 is 4.74 Å². The summed E-state index contributed by atoms with van der Waals surface area (Å²) in [5.41, 5.74) is 1.41. The third-order valence-electron chi connectivity index (χ3n) is 1.59. The third kappa shape index (κ3) is 3.24. The van der Waals surface area contributed by atoms with Gasteiger partial charge in [-0.05, 0) is 25.5 Å². The maximum absolute atomic E-state index is 11.8. The van der Waals surface area contributed by atoms with Crippen molar-refractivity contribution in [2.45, 2.75) is 20.0 Å². The molecule has 14 heavy (non-hydrogen) atoms. The van der Waals surface area contributed by atoms with Gasteiger partial charge in [0.25, 0.3) is 0 Å². The molecule has 0 aliphatic heterocycles. The molecule has 0 aromatic carbocycles. The second-order valence-electron chi connectivity index (χ2n) is 3.00. The molecule has 0 saturated carbocycles. The summed E-state index contributed by atoms with van der Waals surface area (Å²) >= 11 is 0. The highest BCUT2D eigenvalue weighted by Gasteiger charge is 2.28. The molecule has 0 radical (unpaired) electrons. The number of aryl methyl sites for hydroxylation is 2. The van der Waals surface area contributed by atoms with Crippen molar-refractivity contribution in [3.8, 4) is 5.75 Å². The van der Waals surface area contributed by atoms with Crippen molar-refractivity contribution in [3.63, 3.8) is 0 Å². The summed E-state index contributed by atoms with van der Waals surface area (Å²) in [6, 6.07) is 1.67. The summed E-state index contributed by atoms with van der Waals surface area (Å²) in [5, 5.41) is 0. The molecular weight excluding hydrogens is 195 g/mol. The fourth-order valence-corrected chi connectivity index (χ4v) is 0.995. The number of hydrogen-bond donors (Lipinski definition) is 0. The Hall–Kier alpha value is -1.26. The molecule has 0 amide bonds. The number of nitrogens with zero attached hydrogens (tertiary/aromatic N) is 1. The van der Waals surface area contributed by atoms with Crippen molar-refractivity contribution in [3.05, 3.63) is 23.5 Å². The first kappa shape index (κ1) is 10.8. The molecule has 5 heteroatoms. The van der Waals surface area contributed by atoms with Gasteiger partial charge in [0.1, 0.15) is 5.75 Å². The van der Waals surface area contributed by atoms with Crippen LogP contribution in [0.4, 0.5) is 13.2 Å². The van der Waals surface area contributed by atoms with Gasteiger partial charge in [-0.1, -0.05) is 0 Å². The number of alkyl halides is 3. The minimum absolute atomic E-state index is 0.174. The average molecular weight is 205 g/mol. The molecule has 0 atom stereocenters. The highest BCUT2D eigenvalue weighted by molar-refractivity contribution is 5.30. The molecule has 1 rings (SSSR count). The van der Waals surface area contributed by atoms with E-state index in [0.717, 1.165) is 5.69 Å². The zero-order valence-corrected chi connectivity index (χ0v) is 7.85. The van der Waals surface area contributed by atoms with E-state index in [1.807, 2.05) is 0 Å². The number of aromatic nitrogens is 1. The van der Waals surface area contributed by atoms with Gasteiger partial charge in [0.2, 0.25) is 0 Å². The summed E-state index contributed by atoms with van der Waals surface area (Å²) in [6.07, 6.45) is -3.01. The quantitative estimate of drug-likeness (QED) is 0.740. The average Bonchev–Trinajstić information content (AvgIpc) is 2.00. The Morgan fingerprint density at radius 3 is 2.50 bits per heavy atom. The minimum Gasteiger partial charge on any atom is -0.482 e. The summed E-state index contributed by atoms with van der Waals surface area (Å²) in [4.78, 5) is 3.85. The van der Waals surface area contributed by atoms with E-state index in [1.165, 1.54) is 6.20 Å². The van der Waals surface area contributed by atoms with Crippen LogP contribution in [0.1, 0.15) is 11.3 Å². The van der Waals surface area contributed by atoms with Gasteiger partial charge < -0.3 is 4.74 Å². The lowest BCUT2D eigenvalue weighted by molar-refractivity contribution is -0.153. The molecule has 1 aromatic rings. The number of ether oxygens (including phenoxy) is 1. The molecule has 0 bridgehead atoms. The predicted molar refractivity (Wildman–Crippen MR) is 45.3 cm³/mol. The normalized spacial score (nSPS) is 11.5.